The van der Waals surface area contributed by atoms with E-state index in [9.17, 15) is 18.0 Å². The third-order valence-corrected chi connectivity index (χ3v) is 9.79. The number of carbonyl (C=O) groups is 2. The number of hydrogen-bond donors (Lipinski definition) is 1. The lowest BCUT2D eigenvalue weighted by Crippen LogP contribution is -2.53. The summed E-state index contributed by atoms with van der Waals surface area (Å²) in [4.78, 5) is 29.8. The number of hydrogen-bond acceptors (Lipinski definition) is 6. The molecule has 47 heavy (non-hydrogen) atoms. The zero-order valence-electron chi connectivity index (χ0n) is 26.9. The number of amides is 2. The first-order chi connectivity index (χ1) is 22.5. The molecule has 2 amide bonds. The number of halogens is 1. The van der Waals surface area contributed by atoms with Crippen LogP contribution in [0.5, 0.6) is 11.5 Å². The lowest BCUT2D eigenvalue weighted by atomic mass is 10.0. The van der Waals surface area contributed by atoms with E-state index >= 15 is 0 Å². The molecule has 0 unspecified atom stereocenters. The van der Waals surface area contributed by atoms with Gasteiger partial charge in [-0.1, -0.05) is 90.4 Å². The van der Waals surface area contributed by atoms with Crippen LogP contribution in [-0.2, 0) is 32.6 Å². The van der Waals surface area contributed by atoms with Crippen LogP contribution < -0.4 is 19.1 Å². The van der Waals surface area contributed by atoms with Gasteiger partial charge >= 0.3 is 0 Å². The monoisotopic (exact) mass is 721 g/mol. The topological polar surface area (TPSA) is 105 Å². The van der Waals surface area contributed by atoms with Crippen molar-refractivity contribution in [3.63, 3.8) is 0 Å². The Morgan fingerprint density at radius 3 is 2.02 bits per heavy atom. The van der Waals surface area contributed by atoms with Gasteiger partial charge in [-0.3, -0.25) is 13.9 Å². The van der Waals surface area contributed by atoms with Crippen molar-refractivity contribution < 1.29 is 27.5 Å². The van der Waals surface area contributed by atoms with Crippen molar-refractivity contribution >= 4 is 43.5 Å². The summed E-state index contributed by atoms with van der Waals surface area (Å²) in [5, 5.41) is 3.00. The summed E-state index contributed by atoms with van der Waals surface area (Å²) < 4.78 is 41.2. The fourth-order valence-electron chi connectivity index (χ4n) is 4.99. The summed E-state index contributed by atoms with van der Waals surface area (Å²) >= 11 is 3.46. The Hall–Kier alpha value is -4.35. The van der Waals surface area contributed by atoms with Gasteiger partial charge in [-0.25, -0.2) is 8.42 Å². The first-order valence-electron chi connectivity index (χ1n) is 15.2. The van der Waals surface area contributed by atoms with Gasteiger partial charge in [0.2, 0.25) is 11.8 Å². The number of ether oxygens (including phenoxy) is 2. The molecule has 0 aliphatic rings. The number of benzene rings is 4. The summed E-state index contributed by atoms with van der Waals surface area (Å²) in [5.41, 5.74) is 1.94. The molecule has 0 aliphatic heterocycles. The SMILES string of the molecule is COc1ccc(S(=O)(=O)N(CC(=O)N(Cc2ccc(Br)cc2)[C@H](Cc2ccccc2)C(=O)NCC(C)C)c2ccccc2)cc1OC. The van der Waals surface area contributed by atoms with Crippen LogP contribution >= 0.6 is 15.9 Å². The molecule has 0 radical (unpaired) electrons. The van der Waals surface area contributed by atoms with Crippen LogP contribution in [0, 0.1) is 5.92 Å². The van der Waals surface area contributed by atoms with Crippen LogP contribution in [0.25, 0.3) is 0 Å². The highest BCUT2D eigenvalue weighted by atomic mass is 79.9. The molecule has 4 aromatic rings. The lowest BCUT2D eigenvalue weighted by Gasteiger charge is -2.34. The molecule has 4 aromatic carbocycles. The Labute approximate surface area is 285 Å². The summed E-state index contributed by atoms with van der Waals surface area (Å²) in [6.07, 6.45) is 0.237. The van der Waals surface area contributed by atoms with Gasteiger partial charge in [0.1, 0.15) is 12.6 Å². The minimum Gasteiger partial charge on any atom is -0.493 e. The molecule has 1 atom stereocenters. The molecule has 0 spiro atoms. The Morgan fingerprint density at radius 2 is 1.43 bits per heavy atom. The summed E-state index contributed by atoms with van der Waals surface area (Å²) in [5.74, 6) is -0.0734. The molecule has 0 heterocycles. The van der Waals surface area contributed by atoms with E-state index in [-0.39, 0.29) is 35.4 Å². The van der Waals surface area contributed by atoms with Crippen LogP contribution in [0.2, 0.25) is 0 Å². The standard InChI is InChI=1S/C36H40BrN3O6S/c1-26(2)23-38-36(42)32(21-27-11-7-5-8-12-27)39(24-28-15-17-29(37)18-16-28)35(41)25-40(30-13-9-6-10-14-30)47(43,44)31-19-20-33(45-3)34(22-31)46-4/h5-20,22,26,32H,21,23-25H2,1-4H3,(H,38,42)/t32-/m1/s1. The smallest absolute Gasteiger partial charge is 0.264 e. The molecular weight excluding hydrogens is 682 g/mol. The van der Waals surface area contributed by atoms with Gasteiger partial charge in [0.15, 0.2) is 11.5 Å². The van der Waals surface area contributed by atoms with E-state index in [0.717, 1.165) is 19.9 Å². The van der Waals surface area contributed by atoms with Crippen molar-refractivity contribution in [1.82, 2.24) is 10.2 Å². The number of nitrogens with zero attached hydrogens (tertiary/aromatic N) is 2. The molecule has 248 valence electrons. The molecule has 0 bridgehead atoms. The van der Waals surface area contributed by atoms with E-state index in [1.807, 2.05) is 68.4 Å². The normalized spacial score (nSPS) is 11.9. The van der Waals surface area contributed by atoms with Crippen LogP contribution in [0.3, 0.4) is 0 Å². The highest BCUT2D eigenvalue weighted by Crippen LogP contribution is 2.32. The number of carbonyl (C=O) groups excluding carboxylic acids is 2. The van der Waals surface area contributed by atoms with E-state index in [1.54, 1.807) is 30.3 Å². The predicted octanol–water partition coefficient (Wildman–Crippen LogP) is 6.07. The Morgan fingerprint density at radius 1 is 0.809 bits per heavy atom. The first-order valence-corrected chi connectivity index (χ1v) is 17.4. The second-order valence-electron chi connectivity index (χ2n) is 11.4. The molecule has 0 saturated carbocycles. The zero-order chi connectivity index (χ0) is 34.0. The van der Waals surface area contributed by atoms with Crippen LogP contribution in [-0.4, -0.2) is 58.5 Å². The largest absolute Gasteiger partial charge is 0.493 e. The van der Waals surface area contributed by atoms with Crippen molar-refractivity contribution in [2.24, 2.45) is 5.92 Å². The van der Waals surface area contributed by atoms with Gasteiger partial charge in [-0.15, -0.1) is 0 Å². The van der Waals surface area contributed by atoms with Gasteiger partial charge in [-0.2, -0.15) is 0 Å². The lowest BCUT2D eigenvalue weighted by molar-refractivity contribution is -0.140. The average Bonchev–Trinajstić information content (AvgIpc) is 3.08. The maximum atomic E-state index is 14.6. The number of methoxy groups -OCH3 is 2. The van der Waals surface area contributed by atoms with E-state index in [0.29, 0.717) is 18.0 Å². The van der Waals surface area contributed by atoms with Crippen LogP contribution in [0.1, 0.15) is 25.0 Å². The predicted molar refractivity (Wildman–Crippen MR) is 187 cm³/mol. The Bertz CT molecular complexity index is 1740. The maximum Gasteiger partial charge on any atom is 0.264 e. The third kappa shape index (κ3) is 9.36. The Balaban J connectivity index is 1.80. The van der Waals surface area contributed by atoms with Gasteiger partial charge < -0.3 is 19.7 Å². The van der Waals surface area contributed by atoms with Gasteiger partial charge in [0.25, 0.3) is 10.0 Å². The molecule has 11 heteroatoms. The quantitative estimate of drug-likeness (QED) is 0.160. The van der Waals surface area contributed by atoms with Gasteiger partial charge in [0.05, 0.1) is 24.8 Å². The highest BCUT2D eigenvalue weighted by molar-refractivity contribution is 9.10. The average molecular weight is 723 g/mol. The minimum absolute atomic E-state index is 0.0811. The fraction of sp³-hybridized carbons (Fsp3) is 0.278. The second kappa shape index (κ2) is 16.5. The number of anilines is 1. The molecule has 0 aliphatic carbocycles. The zero-order valence-corrected chi connectivity index (χ0v) is 29.3. The number of rotatable bonds is 15. The molecule has 9 nitrogen and oxygen atoms in total. The van der Waals surface area contributed by atoms with E-state index in [2.05, 4.69) is 21.2 Å². The molecule has 1 N–H and O–H groups in total. The number of nitrogens with one attached hydrogen (secondary N) is 1. The van der Waals surface area contributed by atoms with Crippen molar-refractivity contribution in [2.75, 3.05) is 31.6 Å². The van der Waals surface area contributed by atoms with Crippen molar-refractivity contribution in [3.05, 3.63) is 119 Å². The fourth-order valence-corrected chi connectivity index (χ4v) is 6.68. The molecule has 0 aromatic heterocycles. The molecule has 4 rings (SSSR count). The van der Waals surface area contributed by atoms with Crippen molar-refractivity contribution in [3.8, 4) is 11.5 Å². The summed E-state index contributed by atoms with van der Waals surface area (Å²) in [6.45, 7) is 3.94. The maximum absolute atomic E-state index is 14.6. The van der Waals surface area contributed by atoms with E-state index < -0.39 is 28.5 Å². The number of para-hydroxylation sites is 1. The van der Waals surface area contributed by atoms with Crippen LogP contribution in [0.4, 0.5) is 5.69 Å². The summed E-state index contributed by atoms with van der Waals surface area (Å²) in [7, 11) is -1.42. The summed E-state index contributed by atoms with van der Waals surface area (Å²) in [6, 6.07) is 28.7. The molecule has 0 saturated heterocycles. The second-order valence-corrected chi connectivity index (χ2v) is 14.1. The first kappa shape index (κ1) is 35.5. The third-order valence-electron chi connectivity index (χ3n) is 7.49. The Kier molecular flexibility index (Phi) is 12.4. The van der Waals surface area contributed by atoms with Crippen molar-refractivity contribution in [2.45, 2.75) is 37.8 Å². The molecular formula is C36H40BrN3O6S. The van der Waals surface area contributed by atoms with E-state index in [4.69, 9.17) is 9.47 Å². The molecule has 0 fully saturated rings. The van der Waals surface area contributed by atoms with Gasteiger partial charge in [0, 0.05) is 30.0 Å². The minimum atomic E-state index is -4.30. The van der Waals surface area contributed by atoms with E-state index in [1.165, 1.54) is 37.3 Å². The van der Waals surface area contributed by atoms with Crippen molar-refractivity contribution in [1.29, 1.82) is 0 Å². The van der Waals surface area contributed by atoms with Crippen LogP contribution in [0.15, 0.2) is 112 Å². The van der Waals surface area contributed by atoms with Gasteiger partial charge in [-0.05, 0) is 53.4 Å². The number of sulfonamides is 1. The highest BCUT2D eigenvalue weighted by Gasteiger charge is 2.35.